The van der Waals surface area contributed by atoms with E-state index in [-0.39, 0.29) is 0 Å². The van der Waals surface area contributed by atoms with Gasteiger partial charge in [0.1, 0.15) is 22.3 Å². The van der Waals surface area contributed by atoms with Gasteiger partial charge >= 0.3 is 0 Å². The van der Waals surface area contributed by atoms with Crippen LogP contribution in [0.5, 0.6) is 0 Å². The average Bonchev–Trinajstić information content (AvgIpc) is 3.50. The first-order valence-corrected chi connectivity index (χ1v) is 12.4. The fourth-order valence-corrected chi connectivity index (χ4v) is 5.47. The molecule has 0 saturated heterocycles. The standard InChI is InChI=1S/C34H21NO2/c1-2-8-24(9-3-1)35(26-16-17-29-27-10-4-6-12-31(27)37-34(29)21-26)25-15-14-22-19-30-28-11-5-7-13-32(28)36-33(30)20-23(22)18-25/h1-21H. The Morgan fingerprint density at radius 3 is 1.73 bits per heavy atom. The molecule has 2 aromatic heterocycles. The first-order chi connectivity index (χ1) is 18.3. The molecule has 0 aliphatic rings. The third-order valence-corrected chi connectivity index (χ3v) is 7.21. The average molecular weight is 476 g/mol. The zero-order chi connectivity index (χ0) is 24.3. The Morgan fingerprint density at radius 2 is 0.946 bits per heavy atom. The molecule has 0 amide bonds. The summed E-state index contributed by atoms with van der Waals surface area (Å²) in [6, 6.07) is 44.3. The minimum atomic E-state index is 0.879. The molecule has 2 heterocycles. The van der Waals surface area contributed by atoms with Gasteiger partial charge in [-0.25, -0.2) is 0 Å². The van der Waals surface area contributed by atoms with Crippen LogP contribution in [0.4, 0.5) is 17.1 Å². The molecule has 8 rings (SSSR count). The highest BCUT2D eigenvalue weighted by Gasteiger charge is 2.16. The minimum absolute atomic E-state index is 0.879. The van der Waals surface area contributed by atoms with E-state index in [9.17, 15) is 0 Å². The number of para-hydroxylation sites is 3. The van der Waals surface area contributed by atoms with Crippen LogP contribution in [0.25, 0.3) is 54.6 Å². The number of furan rings is 2. The summed E-state index contributed by atoms with van der Waals surface area (Å²) >= 11 is 0. The van der Waals surface area contributed by atoms with E-state index in [4.69, 9.17) is 8.83 Å². The summed E-state index contributed by atoms with van der Waals surface area (Å²) in [5.41, 5.74) is 6.80. The molecule has 0 unspecified atom stereocenters. The molecule has 0 N–H and O–H groups in total. The quantitative estimate of drug-likeness (QED) is 0.255. The molecule has 37 heavy (non-hydrogen) atoms. The van der Waals surface area contributed by atoms with Crippen LogP contribution in [0.3, 0.4) is 0 Å². The van der Waals surface area contributed by atoms with Gasteiger partial charge in [0.15, 0.2) is 0 Å². The van der Waals surface area contributed by atoms with Crippen LogP contribution in [-0.2, 0) is 0 Å². The normalized spacial score (nSPS) is 11.8. The Kier molecular flexibility index (Phi) is 4.23. The van der Waals surface area contributed by atoms with Crippen LogP contribution in [0.1, 0.15) is 0 Å². The molecule has 0 aliphatic heterocycles. The lowest BCUT2D eigenvalue weighted by Crippen LogP contribution is -2.09. The Morgan fingerprint density at radius 1 is 0.351 bits per heavy atom. The Balaban J connectivity index is 1.33. The number of hydrogen-bond acceptors (Lipinski definition) is 3. The van der Waals surface area contributed by atoms with Crippen molar-refractivity contribution in [2.75, 3.05) is 4.90 Å². The van der Waals surface area contributed by atoms with Crippen molar-refractivity contribution in [1.82, 2.24) is 0 Å². The molecule has 0 fully saturated rings. The number of benzene rings is 6. The van der Waals surface area contributed by atoms with Crippen molar-refractivity contribution in [3.8, 4) is 0 Å². The molecule has 0 aliphatic carbocycles. The first-order valence-electron chi connectivity index (χ1n) is 12.4. The van der Waals surface area contributed by atoms with Gasteiger partial charge in [-0.15, -0.1) is 0 Å². The smallest absolute Gasteiger partial charge is 0.137 e. The van der Waals surface area contributed by atoms with E-state index in [0.29, 0.717) is 0 Å². The van der Waals surface area contributed by atoms with Crippen molar-refractivity contribution < 1.29 is 8.83 Å². The SMILES string of the molecule is c1ccc(N(c2ccc3cc4c(cc3c2)oc2ccccc24)c2ccc3c(c2)oc2ccccc23)cc1. The Bertz CT molecular complexity index is 2100. The van der Waals surface area contributed by atoms with Crippen LogP contribution in [0.2, 0.25) is 0 Å². The third-order valence-electron chi connectivity index (χ3n) is 7.21. The van der Waals surface area contributed by atoms with Gasteiger partial charge < -0.3 is 13.7 Å². The van der Waals surface area contributed by atoms with Gasteiger partial charge in [0.2, 0.25) is 0 Å². The molecule has 3 heteroatoms. The molecule has 0 bridgehead atoms. The molecule has 0 saturated carbocycles. The molecule has 3 nitrogen and oxygen atoms in total. The van der Waals surface area contributed by atoms with Gasteiger partial charge in [0.05, 0.1) is 0 Å². The fourth-order valence-electron chi connectivity index (χ4n) is 5.47. The van der Waals surface area contributed by atoms with E-state index in [1.807, 2.05) is 30.3 Å². The van der Waals surface area contributed by atoms with E-state index in [1.54, 1.807) is 0 Å². The second-order valence-electron chi connectivity index (χ2n) is 9.43. The number of rotatable bonds is 3. The van der Waals surface area contributed by atoms with Crippen molar-refractivity contribution in [3.05, 3.63) is 127 Å². The van der Waals surface area contributed by atoms with Crippen molar-refractivity contribution in [2.24, 2.45) is 0 Å². The van der Waals surface area contributed by atoms with Gasteiger partial charge in [0.25, 0.3) is 0 Å². The highest BCUT2D eigenvalue weighted by atomic mass is 16.3. The van der Waals surface area contributed by atoms with Gasteiger partial charge in [-0.3, -0.25) is 0 Å². The molecular weight excluding hydrogens is 454 g/mol. The summed E-state index contributed by atoms with van der Waals surface area (Å²) in [7, 11) is 0. The summed E-state index contributed by atoms with van der Waals surface area (Å²) in [6.07, 6.45) is 0. The first kappa shape index (κ1) is 20.2. The molecule has 8 aromatic rings. The maximum absolute atomic E-state index is 6.22. The molecule has 0 spiro atoms. The van der Waals surface area contributed by atoms with E-state index < -0.39 is 0 Å². The van der Waals surface area contributed by atoms with E-state index in [2.05, 4.69) is 102 Å². The predicted octanol–water partition coefficient (Wildman–Crippen LogP) is 10.1. The van der Waals surface area contributed by atoms with Crippen LogP contribution in [-0.4, -0.2) is 0 Å². The number of hydrogen-bond donors (Lipinski definition) is 0. The summed E-state index contributed by atoms with van der Waals surface area (Å²) in [6.45, 7) is 0. The number of anilines is 3. The van der Waals surface area contributed by atoms with Crippen molar-refractivity contribution in [2.45, 2.75) is 0 Å². The van der Waals surface area contributed by atoms with Gasteiger partial charge in [0, 0.05) is 44.7 Å². The van der Waals surface area contributed by atoms with Gasteiger partial charge in [-0.2, -0.15) is 0 Å². The van der Waals surface area contributed by atoms with E-state index in [0.717, 1.165) is 66.3 Å². The Hall–Kier alpha value is -5.02. The van der Waals surface area contributed by atoms with Gasteiger partial charge in [-0.05, 0) is 71.4 Å². The third kappa shape index (κ3) is 3.14. The fraction of sp³-hybridized carbons (Fsp3) is 0. The van der Waals surface area contributed by atoms with E-state index in [1.165, 1.54) is 5.39 Å². The van der Waals surface area contributed by atoms with Crippen LogP contribution in [0.15, 0.2) is 136 Å². The summed E-state index contributed by atoms with van der Waals surface area (Å²) < 4.78 is 12.4. The molecular formula is C34H21NO2. The molecule has 6 aromatic carbocycles. The lowest BCUT2D eigenvalue weighted by molar-refractivity contribution is 0.669. The van der Waals surface area contributed by atoms with E-state index >= 15 is 0 Å². The lowest BCUT2D eigenvalue weighted by Gasteiger charge is -2.25. The van der Waals surface area contributed by atoms with Crippen molar-refractivity contribution in [3.63, 3.8) is 0 Å². The predicted molar refractivity (Wildman–Crippen MR) is 153 cm³/mol. The maximum Gasteiger partial charge on any atom is 0.137 e. The molecule has 0 atom stereocenters. The second-order valence-corrected chi connectivity index (χ2v) is 9.43. The number of fused-ring (bicyclic) bond motifs is 7. The minimum Gasteiger partial charge on any atom is -0.456 e. The van der Waals surface area contributed by atoms with Crippen molar-refractivity contribution in [1.29, 1.82) is 0 Å². The topological polar surface area (TPSA) is 29.5 Å². The summed E-state index contributed by atoms with van der Waals surface area (Å²) in [5.74, 6) is 0. The van der Waals surface area contributed by atoms with Crippen LogP contribution in [0, 0.1) is 0 Å². The number of nitrogens with zero attached hydrogens (tertiary/aromatic N) is 1. The Labute approximate surface area is 212 Å². The maximum atomic E-state index is 6.22. The zero-order valence-electron chi connectivity index (χ0n) is 19.9. The largest absolute Gasteiger partial charge is 0.456 e. The second kappa shape index (κ2) is 7.74. The molecule has 174 valence electrons. The van der Waals surface area contributed by atoms with Crippen molar-refractivity contribution >= 4 is 71.7 Å². The summed E-state index contributed by atoms with van der Waals surface area (Å²) in [4.78, 5) is 2.27. The monoisotopic (exact) mass is 475 g/mol. The highest BCUT2D eigenvalue weighted by molar-refractivity contribution is 6.10. The highest BCUT2D eigenvalue weighted by Crippen LogP contribution is 2.40. The van der Waals surface area contributed by atoms with Crippen LogP contribution < -0.4 is 4.90 Å². The zero-order valence-corrected chi connectivity index (χ0v) is 19.9. The lowest BCUT2D eigenvalue weighted by atomic mass is 10.0. The molecule has 0 radical (unpaired) electrons. The summed E-state index contributed by atoms with van der Waals surface area (Å²) in [5, 5.41) is 6.87. The van der Waals surface area contributed by atoms with Gasteiger partial charge in [-0.1, -0.05) is 60.7 Å². The van der Waals surface area contributed by atoms with Crippen LogP contribution >= 0.6 is 0 Å².